The highest BCUT2D eigenvalue weighted by atomic mass is 16.6. The summed E-state index contributed by atoms with van der Waals surface area (Å²) in [5, 5.41) is 11.4. The van der Waals surface area contributed by atoms with E-state index in [1.54, 1.807) is 6.07 Å². The number of hydrogen-bond acceptors (Lipinski definition) is 5. The molecular formula is C20H28N2O4. The summed E-state index contributed by atoms with van der Waals surface area (Å²) in [6, 6.07) is 4.10. The lowest BCUT2D eigenvalue weighted by Crippen LogP contribution is -2.41. The van der Waals surface area contributed by atoms with Crippen molar-refractivity contribution in [3.8, 4) is 5.75 Å². The predicted molar refractivity (Wildman–Crippen MR) is 102 cm³/mol. The number of hydrogen-bond donors (Lipinski definition) is 0. The average Bonchev–Trinajstić information content (AvgIpc) is 2.63. The van der Waals surface area contributed by atoms with Crippen molar-refractivity contribution in [3.63, 3.8) is 0 Å². The van der Waals surface area contributed by atoms with Crippen molar-refractivity contribution >= 4 is 11.3 Å². The Balaban J connectivity index is 1.82. The van der Waals surface area contributed by atoms with E-state index in [0.29, 0.717) is 11.8 Å². The molecule has 0 aliphatic carbocycles. The number of nitrogens with zero attached hydrogens (tertiary/aromatic N) is 2. The summed E-state index contributed by atoms with van der Waals surface area (Å²) in [4.78, 5) is 13.5. The van der Waals surface area contributed by atoms with Crippen LogP contribution < -0.4 is 4.74 Å². The average molecular weight is 360 g/mol. The van der Waals surface area contributed by atoms with Gasteiger partial charge in [-0.25, -0.2) is 0 Å². The zero-order chi connectivity index (χ0) is 18.7. The molecule has 0 aromatic heterocycles. The number of rotatable bonds is 5. The maximum atomic E-state index is 11.4. The molecule has 6 heteroatoms. The van der Waals surface area contributed by atoms with Crippen LogP contribution >= 0.6 is 0 Å². The highest BCUT2D eigenvalue weighted by molar-refractivity contribution is 5.72. The van der Waals surface area contributed by atoms with Gasteiger partial charge in [0.15, 0.2) is 5.75 Å². The van der Waals surface area contributed by atoms with Gasteiger partial charge in [-0.15, -0.1) is 0 Å². The molecule has 0 amide bonds. The van der Waals surface area contributed by atoms with Crippen molar-refractivity contribution in [1.82, 2.24) is 4.90 Å². The van der Waals surface area contributed by atoms with Crippen molar-refractivity contribution < 1.29 is 14.4 Å². The van der Waals surface area contributed by atoms with Gasteiger partial charge in [-0.05, 0) is 62.8 Å². The van der Waals surface area contributed by atoms with Crippen LogP contribution in [0.25, 0.3) is 5.57 Å². The Morgan fingerprint density at radius 2 is 2.04 bits per heavy atom. The summed E-state index contributed by atoms with van der Waals surface area (Å²) in [6.07, 6.45) is 5.33. The van der Waals surface area contributed by atoms with Crippen molar-refractivity contribution in [2.24, 2.45) is 0 Å². The Labute approximate surface area is 154 Å². The largest absolute Gasteiger partial charge is 0.484 e. The van der Waals surface area contributed by atoms with Crippen LogP contribution in [0, 0.1) is 17.0 Å². The first-order chi connectivity index (χ1) is 12.5. The van der Waals surface area contributed by atoms with E-state index in [0.717, 1.165) is 56.7 Å². The minimum Gasteiger partial charge on any atom is -0.484 e. The van der Waals surface area contributed by atoms with Gasteiger partial charge < -0.3 is 9.47 Å². The van der Waals surface area contributed by atoms with Gasteiger partial charge in [-0.3, -0.25) is 15.0 Å². The third kappa shape index (κ3) is 4.24. The maximum absolute atomic E-state index is 11.4. The quantitative estimate of drug-likeness (QED) is 0.587. The van der Waals surface area contributed by atoms with Gasteiger partial charge in [0.2, 0.25) is 0 Å². The lowest BCUT2D eigenvalue weighted by atomic mass is 9.93. The molecule has 0 saturated carbocycles. The minimum atomic E-state index is -0.364. The van der Waals surface area contributed by atoms with Crippen LogP contribution in [0.2, 0.25) is 0 Å². The Kier molecular flexibility index (Phi) is 5.94. The highest BCUT2D eigenvalue weighted by Crippen LogP contribution is 2.36. The van der Waals surface area contributed by atoms with Crippen LogP contribution in [0.15, 0.2) is 18.2 Å². The van der Waals surface area contributed by atoms with Gasteiger partial charge >= 0.3 is 5.69 Å². The summed E-state index contributed by atoms with van der Waals surface area (Å²) < 4.78 is 11.2. The molecule has 1 aromatic carbocycles. The molecule has 0 unspecified atom stereocenters. The smallest absolute Gasteiger partial charge is 0.311 e. The second-order valence-corrected chi connectivity index (χ2v) is 7.38. The summed E-state index contributed by atoms with van der Waals surface area (Å²) in [5.74, 6) is 0.360. The third-order valence-electron chi connectivity index (χ3n) is 5.16. The van der Waals surface area contributed by atoms with E-state index in [9.17, 15) is 10.1 Å². The third-order valence-corrected chi connectivity index (χ3v) is 5.16. The van der Waals surface area contributed by atoms with E-state index in [1.165, 1.54) is 5.57 Å². The van der Waals surface area contributed by atoms with Crippen LogP contribution in [-0.2, 0) is 4.74 Å². The number of nitro groups is 1. The van der Waals surface area contributed by atoms with Gasteiger partial charge in [0.25, 0.3) is 0 Å². The van der Waals surface area contributed by atoms with E-state index in [4.69, 9.17) is 9.47 Å². The van der Waals surface area contributed by atoms with E-state index in [1.807, 2.05) is 26.8 Å². The molecule has 1 aromatic rings. The molecule has 6 nitrogen and oxygen atoms in total. The molecule has 142 valence electrons. The molecule has 1 saturated heterocycles. The molecule has 2 aliphatic rings. The maximum Gasteiger partial charge on any atom is 0.311 e. The fourth-order valence-corrected chi connectivity index (χ4v) is 3.82. The Morgan fingerprint density at radius 1 is 1.31 bits per heavy atom. The molecule has 0 atom stereocenters. The van der Waals surface area contributed by atoms with Gasteiger partial charge in [-0.2, -0.15) is 0 Å². The number of aryl methyl sites for hydroxylation is 1. The van der Waals surface area contributed by atoms with Crippen LogP contribution in [0.4, 0.5) is 5.69 Å². The predicted octanol–water partition coefficient (Wildman–Crippen LogP) is 3.96. The molecule has 2 heterocycles. The standard InChI is InChI=1S/C20H28N2O4/c1-14(2)26-20-13-18(15(3)12-19(20)22(23)24)16-4-8-21(9-5-16)17-6-10-25-11-7-17/h4,12-14,17H,5-11H2,1-3H3. The number of nitro benzene ring substituents is 1. The summed E-state index contributed by atoms with van der Waals surface area (Å²) >= 11 is 0. The first-order valence-electron chi connectivity index (χ1n) is 9.42. The van der Waals surface area contributed by atoms with Crippen LogP contribution in [0.1, 0.15) is 44.2 Å². The van der Waals surface area contributed by atoms with Gasteiger partial charge in [0.05, 0.1) is 11.0 Å². The summed E-state index contributed by atoms with van der Waals surface area (Å²) in [6.45, 7) is 9.37. The molecule has 26 heavy (non-hydrogen) atoms. The highest BCUT2D eigenvalue weighted by Gasteiger charge is 2.25. The SMILES string of the molecule is Cc1cc([N+](=O)[O-])c(OC(C)C)cc1C1=CCN(C2CCOCC2)CC1. The molecule has 1 fully saturated rings. The molecule has 0 spiro atoms. The Bertz CT molecular complexity index is 693. The van der Waals surface area contributed by atoms with Crippen molar-refractivity contribution in [2.75, 3.05) is 26.3 Å². The van der Waals surface area contributed by atoms with Gasteiger partial charge in [0, 0.05) is 38.4 Å². The molecule has 0 bridgehead atoms. The normalized spacial score (nSPS) is 19.5. The van der Waals surface area contributed by atoms with E-state index in [2.05, 4.69) is 11.0 Å². The number of benzene rings is 1. The van der Waals surface area contributed by atoms with Crippen molar-refractivity contribution in [1.29, 1.82) is 0 Å². The van der Waals surface area contributed by atoms with Gasteiger partial charge in [0.1, 0.15) is 0 Å². The summed E-state index contributed by atoms with van der Waals surface area (Å²) in [7, 11) is 0. The van der Waals surface area contributed by atoms with E-state index >= 15 is 0 Å². The van der Waals surface area contributed by atoms with Crippen molar-refractivity contribution in [3.05, 3.63) is 39.4 Å². The van der Waals surface area contributed by atoms with E-state index in [-0.39, 0.29) is 16.7 Å². The van der Waals surface area contributed by atoms with Crippen LogP contribution in [0.5, 0.6) is 5.75 Å². The fourth-order valence-electron chi connectivity index (χ4n) is 3.82. The first-order valence-corrected chi connectivity index (χ1v) is 9.42. The second-order valence-electron chi connectivity index (χ2n) is 7.38. The Morgan fingerprint density at radius 3 is 2.62 bits per heavy atom. The Hall–Kier alpha value is -1.92. The minimum absolute atomic E-state index is 0.0418. The molecule has 3 rings (SSSR count). The molecule has 2 aliphatic heterocycles. The molecule has 0 N–H and O–H groups in total. The lowest BCUT2D eigenvalue weighted by molar-refractivity contribution is -0.386. The first kappa shape index (κ1) is 18.9. The fraction of sp³-hybridized carbons (Fsp3) is 0.600. The van der Waals surface area contributed by atoms with E-state index < -0.39 is 0 Å². The van der Waals surface area contributed by atoms with Crippen LogP contribution in [-0.4, -0.2) is 48.3 Å². The zero-order valence-corrected chi connectivity index (χ0v) is 15.9. The monoisotopic (exact) mass is 360 g/mol. The van der Waals surface area contributed by atoms with Crippen LogP contribution in [0.3, 0.4) is 0 Å². The molecular weight excluding hydrogens is 332 g/mol. The summed E-state index contributed by atoms with van der Waals surface area (Å²) in [5.41, 5.74) is 3.30. The van der Waals surface area contributed by atoms with Crippen molar-refractivity contribution in [2.45, 2.75) is 52.2 Å². The lowest BCUT2D eigenvalue weighted by Gasteiger charge is -2.36. The topological polar surface area (TPSA) is 64.8 Å². The number of ether oxygens (including phenoxy) is 2. The second kappa shape index (κ2) is 8.18. The molecule has 0 radical (unpaired) electrons. The zero-order valence-electron chi connectivity index (χ0n) is 15.9. The van der Waals surface area contributed by atoms with Gasteiger partial charge in [-0.1, -0.05) is 6.08 Å².